The van der Waals surface area contributed by atoms with E-state index in [-0.39, 0.29) is 12.1 Å². The Labute approximate surface area is 147 Å². The van der Waals surface area contributed by atoms with Crippen LogP contribution in [0.4, 0.5) is 18.0 Å². The highest BCUT2D eigenvalue weighted by Crippen LogP contribution is 2.31. The second kappa shape index (κ2) is 10.1. The van der Waals surface area contributed by atoms with E-state index >= 15 is 0 Å². The molecule has 0 aliphatic rings. The molecule has 2 N–H and O–H groups in total. The molecule has 1 rings (SSSR count). The molecule has 0 saturated heterocycles. The first-order chi connectivity index (χ1) is 11.8. The summed E-state index contributed by atoms with van der Waals surface area (Å²) in [6.45, 7) is 7.65. The molecule has 0 aromatic heterocycles. The summed E-state index contributed by atoms with van der Waals surface area (Å²) >= 11 is 0. The van der Waals surface area contributed by atoms with Crippen LogP contribution in [0.5, 0.6) is 0 Å². The molecular formula is C19H27F3N2O. The van der Waals surface area contributed by atoms with Crippen LogP contribution >= 0.6 is 0 Å². The molecule has 0 saturated carbocycles. The number of hydrogen-bond donors (Lipinski definition) is 2. The van der Waals surface area contributed by atoms with E-state index in [0.717, 1.165) is 37.8 Å². The van der Waals surface area contributed by atoms with Crippen molar-refractivity contribution in [2.75, 3.05) is 0 Å². The average molecular weight is 356 g/mol. The van der Waals surface area contributed by atoms with Crippen LogP contribution < -0.4 is 10.6 Å². The maximum atomic E-state index is 12.9. The van der Waals surface area contributed by atoms with E-state index in [9.17, 15) is 18.0 Å². The Balaban J connectivity index is 2.74. The number of unbranched alkanes of at least 4 members (excludes halogenated alkanes) is 2. The Hall–Kier alpha value is -1.98. The predicted octanol–water partition coefficient (Wildman–Crippen LogP) is 5.59. The van der Waals surface area contributed by atoms with Gasteiger partial charge in [0.1, 0.15) is 0 Å². The van der Waals surface area contributed by atoms with Crippen molar-refractivity contribution in [3.8, 4) is 0 Å². The topological polar surface area (TPSA) is 41.1 Å². The third kappa shape index (κ3) is 7.63. The lowest BCUT2D eigenvalue weighted by Crippen LogP contribution is -2.42. The second-order valence-corrected chi connectivity index (χ2v) is 6.21. The Morgan fingerprint density at radius 2 is 2.00 bits per heavy atom. The van der Waals surface area contributed by atoms with Crippen LogP contribution in [0.2, 0.25) is 0 Å². The van der Waals surface area contributed by atoms with Crippen LogP contribution in [0.3, 0.4) is 0 Å². The van der Waals surface area contributed by atoms with E-state index in [4.69, 9.17) is 0 Å². The Morgan fingerprint density at radius 3 is 2.60 bits per heavy atom. The first-order valence-corrected chi connectivity index (χ1v) is 8.63. The van der Waals surface area contributed by atoms with E-state index in [2.05, 4.69) is 24.1 Å². The van der Waals surface area contributed by atoms with Crippen molar-refractivity contribution in [3.05, 3.63) is 48.0 Å². The maximum Gasteiger partial charge on any atom is 0.416 e. The number of amides is 2. The van der Waals surface area contributed by atoms with Crippen molar-refractivity contribution in [1.29, 1.82) is 0 Å². The SMILES string of the molecule is C=CCC(NC(=O)NC(C)CCCCC)c1cccc(C(F)(F)F)c1. The molecule has 0 radical (unpaired) electrons. The summed E-state index contributed by atoms with van der Waals surface area (Å²) in [6.07, 6.45) is 1.63. The number of alkyl halides is 3. The molecule has 1 aromatic rings. The number of carbonyl (C=O) groups excluding carboxylic acids is 1. The highest BCUT2D eigenvalue weighted by atomic mass is 19.4. The fraction of sp³-hybridized carbons (Fsp3) is 0.526. The lowest BCUT2D eigenvalue weighted by molar-refractivity contribution is -0.137. The van der Waals surface area contributed by atoms with Gasteiger partial charge in [0.25, 0.3) is 0 Å². The van der Waals surface area contributed by atoms with Gasteiger partial charge in [0, 0.05) is 6.04 Å². The summed E-state index contributed by atoms with van der Waals surface area (Å²) in [5.74, 6) is 0. The van der Waals surface area contributed by atoms with Gasteiger partial charge in [0.05, 0.1) is 11.6 Å². The van der Waals surface area contributed by atoms with Crippen LogP contribution in [-0.2, 0) is 6.18 Å². The van der Waals surface area contributed by atoms with E-state index in [1.54, 1.807) is 12.1 Å². The second-order valence-electron chi connectivity index (χ2n) is 6.21. The number of rotatable bonds is 9. The van der Waals surface area contributed by atoms with Crippen LogP contribution in [-0.4, -0.2) is 12.1 Å². The molecule has 0 aliphatic carbocycles. The molecule has 140 valence electrons. The van der Waals surface area contributed by atoms with Crippen LogP contribution in [0, 0.1) is 0 Å². The van der Waals surface area contributed by atoms with E-state index < -0.39 is 17.8 Å². The average Bonchev–Trinajstić information content (AvgIpc) is 2.54. The summed E-state index contributed by atoms with van der Waals surface area (Å²) in [5, 5.41) is 5.58. The lowest BCUT2D eigenvalue weighted by atomic mass is 10.0. The van der Waals surface area contributed by atoms with Gasteiger partial charge in [-0.05, 0) is 37.5 Å². The molecule has 0 heterocycles. The third-order valence-corrected chi connectivity index (χ3v) is 3.94. The largest absolute Gasteiger partial charge is 0.416 e. The zero-order valence-corrected chi connectivity index (χ0v) is 14.8. The molecule has 0 bridgehead atoms. The van der Waals surface area contributed by atoms with Gasteiger partial charge in [-0.3, -0.25) is 0 Å². The molecule has 0 aliphatic heterocycles. The molecule has 1 aromatic carbocycles. The monoisotopic (exact) mass is 356 g/mol. The maximum absolute atomic E-state index is 12.9. The van der Waals surface area contributed by atoms with Crippen LogP contribution in [0.15, 0.2) is 36.9 Å². The van der Waals surface area contributed by atoms with E-state index in [1.807, 2.05) is 6.92 Å². The van der Waals surface area contributed by atoms with Gasteiger partial charge in [-0.2, -0.15) is 13.2 Å². The normalized spacial score (nSPS) is 13.8. The number of hydrogen-bond acceptors (Lipinski definition) is 1. The fourth-order valence-corrected chi connectivity index (χ4v) is 2.57. The minimum atomic E-state index is -4.41. The molecule has 2 unspecified atom stereocenters. The molecular weight excluding hydrogens is 329 g/mol. The van der Waals surface area contributed by atoms with Gasteiger partial charge >= 0.3 is 12.2 Å². The minimum absolute atomic E-state index is 0.0115. The zero-order valence-electron chi connectivity index (χ0n) is 14.8. The first kappa shape index (κ1) is 21.1. The van der Waals surface area contributed by atoms with Gasteiger partial charge in [-0.15, -0.1) is 6.58 Å². The molecule has 3 nitrogen and oxygen atoms in total. The van der Waals surface area contributed by atoms with Crippen molar-refractivity contribution in [2.24, 2.45) is 0 Å². The van der Waals surface area contributed by atoms with Crippen molar-refractivity contribution in [1.82, 2.24) is 10.6 Å². The quantitative estimate of drug-likeness (QED) is 0.439. The molecule has 6 heteroatoms. The lowest BCUT2D eigenvalue weighted by Gasteiger charge is -2.21. The Kier molecular flexibility index (Phi) is 8.52. The Bertz CT molecular complexity index is 558. The van der Waals surface area contributed by atoms with Crippen molar-refractivity contribution in [3.63, 3.8) is 0 Å². The highest BCUT2D eigenvalue weighted by Gasteiger charge is 2.31. The number of carbonyl (C=O) groups is 1. The van der Waals surface area contributed by atoms with Gasteiger partial charge in [-0.25, -0.2) is 4.79 Å². The summed E-state index contributed by atoms with van der Waals surface area (Å²) in [5.41, 5.74) is -0.322. The smallest absolute Gasteiger partial charge is 0.336 e. The highest BCUT2D eigenvalue weighted by molar-refractivity contribution is 5.74. The molecule has 0 fully saturated rings. The van der Waals surface area contributed by atoms with E-state index in [0.29, 0.717) is 12.0 Å². The number of urea groups is 1. The van der Waals surface area contributed by atoms with Gasteiger partial charge in [0.2, 0.25) is 0 Å². The van der Waals surface area contributed by atoms with Gasteiger partial charge in [0.15, 0.2) is 0 Å². The third-order valence-electron chi connectivity index (χ3n) is 3.94. The van der Waals surface area contributed by atoms with Crippen LogP contribution in [0.1, 0.15) is 63.1 Å². The van der Waals surface area contributed by atoms with Crippen molar-refractivity contribution >= 4 is 6.03 Å². The van der Waals surface area contributed by atoms with Gasteiger partial charge < -0.3 is 10.6 Å². The first-order valence-electron chi connectivity index (χ1n) is 8.63. The molecule has 0 spiro atoms. The fourth-order valence-electron chi connectivity index (χ4n) is 2.57. The Morgan fingerprint density at radius 1 is 1.28 bits per heavy atom. The van der Waals surface area contributed by atoms with Crippen molar-refractivity contribution < 1.29 is 18.0 Å². The van der Waals surface area contributed by atoms with E-state index in [1.165, 1.54) is 6.07 Å². The van der Waals surface area contributed by atoms with Crippen molar-refractivity contribution in [2.45, 2.75) is 64.2 Å². The minimum Gasteiger partial charge on any atom is -0.336 e. The number of benzene rings is 1. The zero-order chi connectivity index (χ0) is 18.9. The summed E-state index contributed by atoms with van der Waals surface area (Å²) in [6, 6.07) is 4.09. The molecule has 2 amide bonds. The summed E-state index contributed by atoms with van der Waals surface area (Å²) < 4.78 is 38.6. The number of halogens is 3. The molecule has 25 heavy (non-hydrogen) atoms. The number of nitrogens with one attached hydrogen (secondary N) is 2. The van der Waals surface area contributed by atoms with Gasteiger partial charge in [-0.1, -0.05) is 44.4 Å². The molecule has 2 atom stereocenters. The van der Waals surface area contributed by atoms with Crippen LogP contribution in [0.25, 0.3) is 0 Å². The predicted molar refractivity (Wildman–Crippen MR) is 94.3 cm³/mol. The summed E-state index contributed by atoms with van der Waals surface area (Å²) in [4.78, 5) is 12.1. The summed E-state index contributed by atoms with van der Waals surface area (Å²) in [7, 11) is 0. The standard InChI is InChI=1S/C19H27F3N2O/c1-4-6-7-10-14(3)23-18(25)24-17(9-5-2)15-11-8-12-16(13-15)19(20,21)22/h5,8,11-14,17H,2,4,6-7,9-10H2,1,3H3,(H2,23,24,25).